The van der Waals surface area contributed by atoms with Crippen LogP contribution in [-0.2, 0) is 13.1 Å². The van der Waals surface area contributed by atoms with Gasteiger partial charge in [-0.05, 0) is 35.9 Å². The molecule has 0 saturated carbocycles. The van der Waals surface area contributed by atoms with Crippen molar-refractivity contribution in [3.8, 4) is 5.75 Å². The second-order valence-corrected chi connectivity index (χ2v) is 5.09. The highest BCUT2D eigenvalue weighted by Crippen LogP contribution is 2.21. The zero-order chi connectivity index (χ0) is 15.2. The third-order valence-electron chi connectivity index (χ3n) is 3.13. The first-order valence-electron chi connectivity index (χ1n) is 6.59. The molecule has 0 aliphatic rings. The molecular formula is C16H17ClN2O2. The van der Waals surface area contributed by atoms with Gasteiger partial charge in [0.2, 0.25) is 0 Å². The summed E-state index contributed by atoms with van der Waals surface area (Å²) in [5.74, 6) is 0.125. The number of phenols is 1. The van der Waals surface area contributed by atoms with E-state index < -0.39 is 0 Å². The van der Waals surface area contributed by atoms with Gasteiger partial charge in [-0.1, -0.05) is 23.7 Å². The first-order chi connectivity index (χ1) is 10.1. The molecule has 0 aromatic heterocycles. The molecule has 0 saturated heterocycles. The molecule has 0 bridgehead atoms. The summed E-state index contributed by atoms with van der Waals surface area (Å²) < 4.78 is 0. The van der Waals surface area contributed by atoms with Crippen LogP contribution < -0.4 is 10.6 Å². The molecule has 2 rings (SSSR count). The molecule has 0 heterocycles. The van der Waals surface area contributed by atoms with Crippen LogP contribution in [0.15, 0.2) is 42.5 Å². The third kappa shape index (κ3) is 4.21. The summed E-state index contributed by atoms with van der Waals surface area (Å²) in [6, 6.07) is 12.3. The van der Waals surface area contributed by atoms with Crippen molar-refractivity contribution in [3.63, 3.8) is 0 Å². The lowest BCUT2D eigenvalue weighted by Crippen LogP contribution is -2.18. The molecule has 0 fully saturated rings. The lowest BCUT2D eigenvalue weighted by molar-refractivity contribution is 0.0963. The fourth-order valence-corrected chi connectivity index (χ4v) is 2.15. The van der Waals surface area contributed by atoms with E-state index in [1.54, 1.807) is 37.4 Å². The SMILES string of the molecule is CNC(=O)c1ccc(CNCc2cc(Cl)ccc2O)cc1. The van der Waals surface area contributed by atoms with Gasteiger partial charge in [0, 0.05) is 36.3 Å². The average molecular weight is 305 g/mol. The number of rotatable bonds is 5. The number of amides is 1. The zero-order valence-corrected chi connectivity index (χ0v) is 12.4. The van der Waals surface area contributed by atoms with Gasteiger partial charge < -0.3 is 15.7 Å². The first-order valence-corrected chi connectivity index (χ1v) is 6.97. The van der Waals surface area contributed by atoms with E-state index in [0.29, 0.717) is 23.7 Å². The van der Waals surface area contributed by atoms with Crippen LogP contribution in [0.3, 0.4) is 0 Å². The Labute approximate surface area is 128 Å². The average Bonchev–Trinajstić information content (AvgIpc) is 2.50. The number of carbonyl (C=O) groups is 1. The number of carbonyl (C=O) groups excluding carboxylic acids is 1. The molecule has 21 heavy (non-hydrogen) atoms. The number of hydrogen-bond acceptors (Lipinski definition) is 3. The Hall–Kier alpha value is -2.04. The number of hydrogen-bond donors (Lipinski definition) is 3. The highest BCUT2D eigenvalue weighted by atomic mass is 35.5. The minimum Gasteiger partial charge on any atom is -0.508 e. The Morgan fingerprint density at radius 3 is 2.52 bits per heavy atom. The fourth-order valence-electron chi connectivity index (χ4n) is 1.96. The van der Waals surface area contributed by atoms with Crippen LogP contribution in [0.1, 0.15) is 21.5 Å². The van der Waals surface area contributed by atoms with Gasteiger partial charge in [-0.25, -0.2) is 0 Å². The van der Waals surface area contributed by atoms with E-state index in [-0.39, 0.29) is 11.7 Å². The summed E-state index contributed by atoms with van der Waals surface area (Å²) in [6.07, 6.45) is 0. The topological polar surface area (TPSA) is 61.4 Å². The van der Waals surface area contributed by atoms with Crippen LogP contribution in [-0.4, -0.2) is 18.1 Å². The van der Waals surface area contributed by atoms with Crippen molar-refractivity contribution < 1.29 is 9.90 Å². The molecule has 5 heteroatoms. The summed E-state index contributed by atoms with van der Waals surface area (Å²) in [5.41, 5.74) is 2.45. The zero-order valence-electron chi connectivity index (χ0n) is 11.7. The van der Waals surface area contributed by atoms with E-state index in [0.717, 1.165) is 11.1 Å². The number of halogens is 1. The van der Waals surface area contributed by atoms with Gasteiger partial charge in [-0.3, -0.25) is 4.79 Å². The van der Waals surface area contributed by atoms with E-state index in [2.05, 4.69) is 10.6 Å². The van der Waals surface area contributed by atoms with Crippen LogP contribution in [0.2, 0.25) is 5.02 Å². The van der Waals surface area contributed by atoms with Crippen LogP contribution >= 0.6 is 11.6 Å². The Balaban J connectivity index is 1.91. The predicted molar refractivity (Wildman–Crippen MR) is 83.5 cm³/mol. The van der Waals surface area contributed by atoms with E-state index in [1.807, 2.05) is 12.1 Å². The van der Waals surface area contributed by atoms with Gasteiger partial charge in [-0.2, -0.15) is 0 Å². The molecule has 3 N–H and O–H groups in total. The highest BCUT2D eigenvalue weighted by molar-refractivity contribution is 6.30. The molecule has 2 aromatic carbocycles. The van der Waals surface area contributed by atoms with Crippen molar-refractivity contribution in [1.29, 1.82) is 0 Å². The van der Waals surface area contributed by atoms with E-state index >= 15 is 0 Å². The molecule has 1 amide bonds. The summed E-state index contributed by atoms with van der Waals surface area (Å²) >= 11 is 5.90. The quantitative estimate of drug-likeness (QED) is 0.796. The highest BCUT2D eigenvalue weighted by Gasteiger charge is 2.04. The fraction of sp³-hybridized carbons (Fsp3) is 0.188. The maximum atomic E-state index is 11.4. The largest absolute Gasteiger partial charge is 0.508 e. The normalized spacial score (nSPS) is 10.4. The van der Waals surface area contributed by atoms with Crippen LogP contribution in [0.5, 0.6) is 5.75 Å². The van der Waals surface area contributed by atoms with E-state index in [9.17, 15) is 9.90 Å². The Morgan fingerprint density at radius 2 is 1.86 bits per heavy atom. The summed E-state index contributed by atoms with van der Waals surface area (Å²) in [6.45, 7) is 1.16. The number of nitrogens with one attached hydrogen (secondary N) is 2. The van der Waals surface area contributed by atoms with Crippen molar-refractivity contribution in [1.82, 2.24) is 10.6 Å². The minimum atomic E-state index is -0.0987. The molecule has 0 aliphatic carbocycles. The van der Waals surface area contributed by atoms with Crippen LogP contribution in [0, 0.1) is 0 Å². The predicted octanol–water partition coefficient (Wildman–Crippen LogP) is 2.70. The monoisotopic (exact) mass is 304 g/mol. The maximum Gasteiger partial charge on any atom is 0.251 e. The number of aromatic hydroxyl groups is 1. The summed E-state index contributed by atoms with van der Waals surface area (Å²) in [7, 11) is 1.61. The first kappa shape index (κ1) is 15.4. The van der Waals surface area contributed by atoms with Crippen LogP contribution in [0.25, 0.3) is 0 Å². The third-order valence-corrected chi connectivity index (χ3v) is 3.36. The molecule has 0 atom stereocenters. The molecule has 2 aromatic rings. The second kappa shape index (κ2) is 7.11. The Morgan fingerprint density at radius 1 is 1.14 bits per heavy atom. The Bertz CT molecular complexity index is 627. The molecule has 0 radical (unpaired) electrons. The molecule has 110 valence electrons. The molecule has 0 unspecified atom stereocenters. The Kier molecular flexibility index (Phi) is 5.20. The van der Waals surface area contributed by atoms with Gasteiger partial charge in [0.15, 0.2) is 0 Å². The second-order valence-electron chi connectivity index (χ2n) is 4.65. The molecule has 4 nitrogen and oxygen atoms in total. The van der Waals surface area contributed by atoms with Gasteiger partial charge >= 0.3 is 0 Å². The maximum absolute atomic E-state index is 11.4. The number of phenolic OH excluding ortho intramolecular Hbond substituents is 1. The van der Waals surface area contributed by atoms with E-state index in [4.69, 9.17) is 11.6 Å². The van der Waals surface area contributed by atoms with Gasteiger partial charge in [0.25, 0.3) is 5.91 Å². The minimum absolute atomic E-state index is 0.0987. The smallest absolute Gasteiger partial charge is 0.251 e. The standard InChI is InChI=1S/C16H17ClN2O2/c1-18-16(21)12-4-2-11(3-5-12)9-19-10-13-8-14(17)6-7-15(13)20/h2-8,19-20H,9-10H2,1H3,(H,18,21). The summed E-state index contributed by atoms with van der Waals surface area (Å²) in [5, 5.41) is 16.1. The summed E-state index contributed by atoms with van der Waals surface area (Å²) in [4.78, 5) is 11.4. The van der Waals surface area contributed by atoms with E-state index in [1.165, 1.54) is 0 Å². The van der Waals surface area contributed by atoms with Crippen molar-refractivity contribution >= 4 is 17.5 Å². The van der Waals surface area contributed by atoms with Crippen LogP contribution in [0.4, 0.5) is 0 Å². The van der Waals surface area contributed by atoms with Crippen molar-refractivity contribution in [2.24, 2.45) is 0 Å². The molecule has 0 spiro atoms. The van der Waals surface area contributed by atoms with Crippen molar-refractivity contribution in [2.75, 3.05) is 7.05 Å². The van der Waals surface area contributed by atoms with Gasteiger partial charge in [0.05, 0.1) is 0 Å². The lowest BCUT2D eigenvalue weighted by atomic mass is 10.1. The van der Waals surface area contributed by atoms with Crippen molar-refractivity contribution in [2.45, 2.75) is 13.1 Å². The van der Waals surface area contributed by atoms with Crippen molar-refractivity contribution in [3.05, 3.63) is 64.2 Å². The van der Waals surface area contributed by atoms with Gasteiger partial charge in [0.1, 0.15) is 5.75 Å². The molecule has 0 aliphatic heterocycles. The van der Waals surface area contributed by atoms with Gasteiger partial charge in [-0.15, -0.1) is 0 Å². The molecular weight excluding hydrogens is 288 g/mol. The lowest BCUT2D eigenvalue weighted by Gasteiger charge is -2.08. The number of benzene rings is 2.